The summed E-state index contributed by atoms with van der Waals surface area (Å²) in [6.45, 7) is 1.95. The second-order valence-corrected chi connectivity index (χ2v) is 7.08. The van der Waals surface area contributed by atoms with Gasteiger partial charge >= 0.3 is 0 Å². The number of alkyl halides is 2. The number of amides is 1. The SMILES string of the molecule is Cc1c(Br)c(C(F)F)nn1CC(=O)Nc1cccc(Cn2cc(Cl)cn2)c1. The molecule has 0 saturated heterocycles. The Balaban J connectivity index is 1.68. The van der Waals surface area contributed by atoms with Crippen molar-refractivity contribution >= 4 is 39.1 Å². The van der Waals surface area contributed by atoms with Gasteiger partial charge in [-0.2, -0.15) is 10.2 Å². The van der Waals surface area contributed by atoms with Crippen molar-refractivity contribution in [2.24, 2.45) is 0 Å². The van der Waals surface area contributed by atoms with Crippen LogP contribution in [-0.4, -0.2) is 25.5 Å². The van der Waals surface area contributed by atoms with Gasteiger partial charge in [-0.15, -0.1) is 0 Å². The highest BCUT2D eigenvalue weighted by atomic mass is 79.9. The normalized spacial score (nSPS) is 11.2. The Labute approximate surface area is 167 Å². The predicted octanol–water partition coefficient (Wildman–Crippen LogP) is 4.43. The number of carbonyl (C=O) groups excluding carboxylic acids is 1. The Morgan fingerprint density at radius 1 is 1.41 bits per heavy atom. The van der Waals surface area contributed by atoms with Gasteiger partial charge in [-0.1, -0.05) is 23.7 Å². The maximum Gasteiger partial charge on any atom is 0.283 e. The van der Waals surface area contributed by atoms with E-state index in [1.165, 1.54) is 4.68 Å². The van der Waals surface area contributed by atoms with Gasteiger partial charge in [-0.25, -0.2) is 8.78 Å². The summed E-state index contributed by atoms with van der Waals surface area (Å²) in [5.41, 5.74) is 1.60. The molecular weight excluding hydrogens is 444 g/mol. The minimum absolute atomic E-state index is 0.170. The molecule has 6 nitrogen and oxygen atoms in total. The summed E-state index contributed by atoms with van der Waals surface area (Å²) in [4.78, 5) is 12.3. The van der Waals surface area contributed by atoms with Crippen LogP contribution in [-0.2, 0) is 17.9 Å². The maximum absolute atomic E-state index is 12.9. The fourth-order valence-corrected chi connectivity index (χ4v) is 3.15. The first-order valence-corrected chi connectivity index (χ1v) is 9.08. The van der Waals surface area contributed by atoms with Gasteiger partial charge in [0.05, 0.1) is 27.9 Å². The first-order valence-electron chi connectivity index (χ1n) is 7.91. The third kappa shape index (κ3) is 4.72. The van der Waals surface area contributed by atoms with Crippen molar-refractivity contribution in [2.75, 3.05) is 5.32 Å². The second kappa shape index (κ2) is 8.18. The molecule has 1 amide bonds. The molecule has 0 atom stereocenters. The van der Waals surface area contributed by atoms with Crippen LogP contribution >= 0.6 is 27.5 Å². The van der Waals surface area contributed by atoms with E-state index in [0.29, 0.717) is 22.9 Å². The van der Waals surface area contributed by atoms with E-state index in [4.69, 9.17) is 11.6 Å². The lowest BCUT2D eigenvalue weighted by atomic mass is 10.2. The molecule has 0 saturated carbocycles. The van der Waals surface area contributed by atoms with Gasteiger partial charge in [0.25, 0.3) is 6.43 Å². The molecule has 2 heterocycles. The molecule has 1 aromatic carbocycles. The predicted molar refractivity (Wildman–Crippen MR) is 101 cm³/mol. The monoisotopic (exact) mass is 457 g/mol. The van der Waals surface area contributed by atoms with E-state index in [2.05, 4.69) is 31.4 Å². The van der Waals surface area contributed by atoms with E-state index in [0.717, 1.165) is 5.56 Å². The topological polar surface area (TPSA) is 64.7 Å². The number of halogens is 4. The summed E-state index contributed by atoms with van der Waals surface area (Å²) < 4.78 is 29.0. The van der Waals surface area contributed by atoms with E-state index in [9.17, 15) is 13.6 Å². The molecule has 0 aliphatic carbocycles. The van der Waals surface area contributed by atoms with Gasteiger partial charge < -0.3 is 5.32 Å². The molecule has 0 spiro atoms. The van der Waals surface area contributed by atoms with Crippen LogP contribution in [0.15, 0.2) is 41.1 Å². The van der Waals surface area contributed by atoms with E-state index < -0.39 is 6.43 Å². The number of nitrogens with zero attached hydrogens (tertiary/aromatic N) is 4. The van der Waals surface area contributed by atoms with E-state index in [1.54, 1.807) is 36.1 Å². The Kier molecular flexibility index (Phi) is 5.91. The summed E-state index contributed by atoms with van der Waals surface area (Å²) in [6, 6.07) is 7.26. The van der Waals surface area contributed by atoms with Crippen molar-refractivity contribution < 1.29 is 13.6 Å². The fraction of sp³-hybridized carbons (Fsp3) is 0.235. The van der Waals surface area contributed by atoms with Crippen molar-refractivity contribution in [3.05, 3.63) is 63.1 Å². The number of anilines is 1. The molecule has 10 heteroatoms. The largest absolute Gasteiger partial charge is 0.324 e. The summed E-state index contributed by atoms with van der Waals surface area (Å²) in [5.74, 6) is -0.367. The number of hydrogen-bond donors (Lipinski definition) is 1. The average Bonchev–Trinajstić information content (AvgIpc) is 3.13. The summed E-state index contributed by atoms with van der Waals surface area (Å²) in [5, 5.41) is 11.2. The van der Waals surface area contributed by atoms with Gasteiger partial charge in [0.1, 0.15) is 12.2 Å². The molecule has 1 N–H and O–H groups in total. The average molecular weight is 459 g/mol. The van der Waals surface area contributed by atoms with Crippen LogP contribution in [0.4, 0.5) is 14.5 Å². The van der Waals surface area contributed by atoms with Gasteiger partial charge in [-0.3, -0.25) is 14.2 Å². The van der Waals surface area contributed by atoms with E-state index in [1.807, 2.05) is 12.1 Å². The Hall–Kier alpha value is -2.26. The zero-order valence-corrected chi connectivity index (χ0v) is 16.5. The molecule has 3 rings (SSSR count). The Bertz CT molecular complexity index is 972. The zero-order chi connectivity index (χ0) is 19.6. The fourth-order valence-electron chi connectivity index (χ4n) is 2.54. The van der Waals surface area contributed by atoms with Crippen molar-refractivity contribution in [3.63, 3.8) is 0 Å². The second-order valence-electron chi connectivity index (χ2n) is 5.85. The summed E-state index contributed by atoms with van der Waals surface area (Å²) >= 11 is 8.94. The Morgan fingerprint density at radius 3 is 2.81 bits per heavy atom. The highest BCUT2D eigenvalue weighted by Gasteiger charge is 2.21. The maximum atomic E-state index is 12.9. The van der Waals surface area contributed by atoms with Crippen molar-refractivity contribution in [1.82, 2.24) is 19.6 Å². The minimum Gasteiger partial charge on any atom is -0.324 e. The Morgan fingerprint density at radius 2 is 2.19 bits per heavy atom. The summed E-state index contributed by atoms with van der Waals surface area (Å²) in [6.07, 6.45) is 0.534. The summed E-state index contributed by atoms with van der Waals surface area (Å²) in [7, 11) is 0. The first kappa shape index (κ1) is 19.5. The van der Waals surface area contributed by atoms with Crippen molar-refractivity contribution in [2.45, 2.75) is 26.4 Å². The van der Waals surface area contributed by atoms with Crippen LogP contribution in [0.2, 0.25) is 5.02 Å². The molecule has 0 aliphatic heterocycles. The third-order valence-electron chi connectivity index (χ3n) is 3.82. The molecule has 0 unspecified atom stereocenters. The molecule has 27 heavy (non-hydrogen) atoms. The quantitative estimate of drug-likeness (QED) is 0.594. The van der Waals surface area contributed by atoms with Crippen LogP contribution in [0.5, 0.6) is 0 Å². The number of rotatable bonds is 6. The molecule has 0 fully saturated rings. The van der Waals surface area contributed by atoms with Gasteiger partial charge in [0.15, 0.2) is 0 Å². The van der Waals surface area contributed by atoms with Gasteiger partial charge in [0, 0.05) is 11.9 Å². The van der Waals surface area contributed by atoms with Crippen LogP contribution in [0.3, 0.4) is 0 Å². The van der Waals surface area contributed by atoms with Crippen molar-refractivity contribution in [1.29, 1.82) is 0 Å². The number of aromatic nitrogens is 4. The molecular formula is C17H15BrClF2N5O. The number of benzene rings is 1. The van der Waals surface area contributed by atoms with Crippen LogP contribution in [0, 0.1) is 6.92 Å². The smallest absolute Gasteiger partial charge is 0.283 e. The number of carbonyl (C=O) groups is 1. The highest BCUT2D eigenvalue weighted by Crippen LogP contribution is 2.29. The molecule has 3 aromatic rings. The minimum atomic E-state index is -2.71. The molecule has 0 radical (unpaired) electrons. The molecule has 2 aromatic heterocycles. The number of nitrogens with one attached hydrogen (secondary N) is 1. The van der Waals surface area contributed by atoms with Crippen LogP contribution < -0.4 is 5.32 Å². The molecule has 0 bridgehead atoms. The van der Waals surface area contributed by atoms with Crippen molar-refractivity contribution in [3.8, 4) is 0 Å². The highest BCUT2D eigenvalue weighted by molar-refractivity contribution is 9.10. The van der Waals surface area contributed by atoms with E-state index in [-0.39, 0.29) is 22.6 Å². The zero-order valence-electron chi connectivity index (χ0n) is 14.2. The standard InChI is InChI=1S/C17H15BrClF2N5O/c1-10-15(18)16(17(20)21)24-26(10)9-14(27)23-13-4-2-3-11(5-13)7-25-8-12(19)6-22-25/h2-6,8,17H,7,9H2,1H3,(H,23,27). The first-order chi connectivity index (χ1) is 12.8. The molecule has 142 valence electrons. The third-order valence-corrected chi connectivity index (χ3v) is 4.99. The lowest BCUT2D eigenvalue weighted by molar-refractivity contribution is -0.117. The van der Waals surface area contributed by atoms with E-state index >= 15 is 0 Å². The van der Waals surface area contributed by atoms with Gasteiger partial charge in [-0.05, 0) is 40.5 Å². The lowest BCUT2D eigenvalue weighted by Crippen LogP contribution is -2.20. The van der Waals surface area contributed by atoms with Gasteiger partial charge in [0.2, 0.25) is 5.91 Å². The number of hydrogen-bond acceptors (Lipinski definition) is 3. The molecule has 0 aliphatic rings. The van der Waals surface area contributed by atoms with Crippen LogP contribution in [0.25, 0.3) is 0 Å². The van der Waals surface area contributed by atoms with Crippen LogP contribution in [0.1, 0.15) is 23.4 Å². The lowest BCUT2D eigenvalue weighted by Gasteiger charge is -2.09.